The van der Waals surface area contributed by atoms with Crippen LogP contribution in [0.5, 0.6) is 0 Å². The number of carbonyl (C=O) groups excluding carboxylic acids is 2. The van der Waals surface area contributed by atoms with Crippen molar-refractivity contribution in [1.82, 2.24) is 4.98 Å². The van der Waals surface area contributed by atoms with Gasteiger partial charge in [0.2, 0.25) is 11.5 Å². The molecule has 24 heavy (non-hydrogen) atoms. The molecule has 2 aromatic rings. The van der Waals surface area contributed by atoms with Crippen molar-refractivity contribution >= 4 is 28.5 Å². The molecular formula is C17H20N2O5. The first-order valence-electron chi connectivity index (χ1n) is 7.64. The average Bonchev–Trinajstić information content (AvgIpc) is 2.53. The maximum Gasteiger partial charge on any atom is 0.306 e. The van der Waals surface area contributed by atoms with Gasteiger partial charge in [0.05, 0.1) is 25.2 Å². The number of fused-ring (bicyclic) bond motifs is 1. The smallest absolute Gasteiger partial charge is 0.306 e. The Bertz CT molecular complexity index is 797. The number of rotatable bonds is 7. The summed E-state index contributed by atoms with van der Waals surface area (Å²) in [6, 6.07) is 6.71. The fraction of sp³-hybridized carbons (Fsp3) is 0.353. The number of hydrogen-bond donors (Lipinski definition) is 2. The van der Waals surface area contributed by atoms with Crippen molar-refractivity contribution in [2.75, 3.05) is 19.0 Å². The summed E-state index contributed by atoms with van der Waals surface area (Å²) in [7, 11) is 1.56. The molecule has 0 fully saturated rings. The third kappa shape index (κ3) is 4.66. The lowest BCUT2D eigenvalue weighted by atomic mass is 10.1. The third-order valence-electron chi connectivity index (χ3n) is 3.37. The minimum atomic E-state index is -0.403. The van der Waals surface area contributed by atoms with E-state index in [1.165, 1.54) is 6.07 Å². The van der Waals surface area contributed by atoms with E-state index < -0.39 is 5.97 Å². The highest BCUT2D eigenvalue weighted by Gasteiger charge is 2.09. The predicted molar refractivity (Wildman–Crippen MR) is 89.8 cm³/mol. The molecule has 2 N–H and O–H groups in total. The lowest BCUT2D eigenvalue weighted by Crippen LogP contribution is -2.15. The van der Waals surface area contributed by atoms with Crippen LogP contribution in [0.1, 0.15) is 25.3 Å². The first-order chi connectivity index (χ1) is 11.5. The van der Waals surface area contributed by atoms with Crippen molar-refractivity contribution in [3.63, 3.8) is 0 Å². The molecule has 7 heteroatoms. The van der Waals surface area contributed by atoms with Gasteiger partial charge in [0, 0.05) is 30.7 Å². The molecule has 7 nitrogen and oxygen atoms in total. The Morgan fingerprint density at radius 2 is 2.00 bits per heavy atom. The van der Waals surface area contributed by atoms with Gasteiger partial charge in [-0.15, -0.1) is 0 Å². The van der Waals surface area contributed by atoms with Gasteiger partial charge in [-0.05, 0) is 24.6 Å². The molecule has 0 aliphatic carbocycles. The van der Waals surface area contributed by atoms with Crippen LogP contribution in [0.2, 0.25) is 0 Å². The van der Waals surface area contributed by atoms with Crippen LogP contribution in [0, 0.1) is 0 Å². The highest BCUT2D eigenvalue weighted by Crippen LogP contribution is 2.20. The number of pyridine rings is 1. The maximum absolute atomic E-state index is 11.9. The number of esters is 1. The summed E-state index contributed by atoms with van der Waals surface area (Å²) in [5, 5.41) is 3.55. The Balaban J connectivity index is 2.12. The highest BCUT2D eigenvalue weighted by molar-refractivity contribution is 5.95. The number of methoxy groups -OCH3 is 1. The number of nitrogens with one attached hydrogen (secondary N) is 2. The first-order valence-corrected chi connectivity index (χ1v) is 7.64. The Labute approximate surface area is 139 Å². The van der Waals surface area contributed by atoms with Gasteiger partial charge in [-0.2, -0.15) is 0 Å². The van der Waals surface area contributed by atoms with Crippen LogP contribution in [-0.2, 0) is 25.7 Å². The molecule has 1 heterocycles. The molecule has 0 atom stereocenters. The van der Waals surface area contributed by atoms with Crippen LogP contribution < -0.4 is 10.9 Å². The maximum atomic E-state index is 11.9. The van der Waals surface area contributed by atoms with Crippen LogP contribution in [0.15, 0.2) is 29.1 Å². The third-order valence-corrected chi connectivity index (χ3v) is 3.37. The zero-order valence-electron chi connectivity index (χ0n) is 13.7. The highest BCUT2D eigenvalue weighted by atomic mass is 16.5. The molecule has 128 valence electrons. The zero-order chi connectivity index (χ0) is 17.5. The Morgan fingerprint density at radius 3 is 2.71 bits per heavy atom. The lowest BCUT2D eigenvalue weighted by molar-refractivity contribution is -0.144. The zero-order valence-corrected chi connectivity index (χ0v) is 13.7. The number of carbonyl (C=O) groups is 2. The van der Waals surface area contributed by atoms with E-state index in [1.54, 1.807) is 32.2 Å². The summed E-state index contributed by atoms with van der Waals surface area (Å²) < 4.78 is 9.87. The van der Waals surface area contributed by atoms with Gasteiger partial charge in [-0.1, -0.05) is 6.07 Å². The Morgan fingerprint density at radius 1 is 1.21 bits per heavy atom. The van der Waals surface area contributed by atoms with Crippen LogP contribution in [0.3, 0.4) is 0 Å². The second kappa shape index (κ2) is 8.26. The van der Waals surface area contributed by atoms with Gasteiger partial charge in [-0.25, -0.2) is 0 Å². The molecule has 2 rings (SSSR count). The van der Waals surface area contributed by atoms with Crippen molar-refractivity contribution in [3.8, 4) is 0 Å². The summed E-state index contributed by atoms with van der Waals surface area (Å²) in [4.78, 5) is 37.6. The minimum absolute atomic E-state index is 0.0298. The number of anilines is 1. The molecule has 0 spiro atoms. The molecule has 0 unspecified atom stereocenters. The molecule has 1 aromatic heterocycles. The standard InChI is InChI=1S/C17H20N2O5/c1-3-24-17(22)7-6-15(20)18-12-4-5-13-11(10-23-2)8-16(21)19-14(13)9-12/h4-5,8-9H,3,6-7,10H2,1-2H3,(H,18,20)(H,19,21). The lowest BCUT2D eigenvalue weighted by Gasteiger charge is -2.09. The number of amides is 1. The Kier molecular flexibility index (Phi) is 6.08. The Hall–Kier alpha value is -2.67. The first kappa shape index (κ1) is 17.7. The van der Waals surface area contributed by atoms with Crippen LogP contribution in [0.25, 0.3) is 10.9 Å². The van der Waals surface area contributed by atoms with E-state index in [1.807, 2.05) is 0 Å². The number of H-pyrrole nitrogens is 1. The summed E-state index contributed by atoms with van der Waals surface area (Å²) >= 11 is 0. The van der Waals surface area contributed by atoms with Crippen LogP contribution in [0.4, 0.5) is 5.69 Å². The number of benzene rings is 1. The topological polar surface area (TPSA) is 97.5 Å². The van der Waals surface area contributed by atoms with Crippen molar-refractivity contribution in [2.45, 2.75) is 26.4 Å². The molecule has 0 saturated heterocycles. The van der Waals surface area contributed by atoms with Gasteiger partial charge >= 0.3 is 5.97 Å². The minimum Gasteiger partial charge on any atom is -0.466 e. The van der Waals surface area contributed by atoms with Gasteiger partial charge in [0.25, 0.3) is 0 Å². The molecule has 0 saturated carbocycles. The molecule has 1 aromatic carbocycles. The van der Waals surface area contributed by atoms with E-state index in [2.05, 4.69) is 10.3 Å². The van der Waals surface area contributed by atoms with Crippen molar-refractivity contribution < 1.29 is 19.1 Å². The van der Waals surface area contributed by atoms with E-state index in [9.17, 15) is 14.4 Å². The quantitative estimate of drug-likeness (QED) is 0.755. The summed E-state index contributed by atoms with van der Waals surface area (Å²) in [6.45, 7) is 2.33. The van der Waals surface area contributed by atoms with E-state index >= 15 is 0 Å². The number of aromatic amines is 1. The number of aromatic nitrogens is 1. The number of hydrogen-bond acceptors (Lipinski definition) is 5. The average molecular weight is 332 g/mol. The predicted octanol–water partition coefficient (Wildman–Crippen LogP) is 1.96. The summed E-state index contributed by atoms with van der Waals surface area (Å²) in [5.74, 6) is -0.697. The largest absolute Gasteiger partial charge is 0.466 e. The van der Waals surface area contributed by atoms with E-state index in [4.69, 9.17) is 9.47 Å². The normalized spacial score (nSPS) is 10.6. The SMILES string of the molecule is CCOC(=O)CCC(=O)Nc1ccc2c(COC)cc(=O)[nH]c2c1. The molecule has 1 amide bonds. The van der Waals surface area contributed by atoms with Crippen LogP contribution >= 0.6 is 0 Å². The van der Waals surface area contributed by atoms with E-state index in [-0.39, 0.29) is 24.3 Å². The van der Waals surface area contributed by atoms with Gasteiger partial charge < -0.3 is 19.8 Å². The van der Waals surface area contributed by atoms with Crippen molar-refractivity contribution in [2.24, 2.45) is 0 Å². The molecule has 0 aliphatic heterocycles. The monoisotopic (exact) mass is 332 g/mol. The van der Waals surface area contributed by atoms with Gasteiger partial charge in [0.15, 0.2) is 0 Å². The van der Waals surface area contributed by atoms with Crippen LogP contribution in [-0.4, -0.2) is 30.6 Å². The number of ether oxygens (including phenoxy) is 2. The van der Waals surface area contributed by atoms with Gasteiger partial charge in [0.1, 0.15) is 0 Å². The van der Waals surface area contributed by atoms with Crippen molar-refractivity contribution in [1.29, 1.82) is 0 Å². The fourth-order valence-electron chi connectivity index (χ4n) is 2.36. The molecule has 0 bridgehead atoms. The summed E-state index contributed by atoms with van der Waals surface area (Å²) in [6.07, 6.45) is 0.0686. The molecular weight excluding hydrogens is 312 g/mol. The second-order valence-corrected chi connectivity index (χ2v) is 5.21. The molecule has 0 radical (unpaired) electrons. The second-order valence-electron chi connectivity index (χ2n) is 5.21. The molecule has 0 aliphatic rings. The van der Waals surface area contributed by atoms with E-state index in [0.717, 1.165) is 10.9 Å². The summed E-state index contributed by atoms with van der Waals surface area (Å²) in [5.41, 5.74) is 1.69. The van der Waals surface area contributed by atoms with E-state index in [0.29, 0.717) is 24.4 Å². The van der Waals surface area contributed by atoms with Gasteiger partial charge in [-0.3, -0.25) is 14.4 Å². The van der Waals surface area contributed by atoms with Crippen molar-refractivity contribution in [3.05, 3.63) is 40.2 Å². The fourth-order valence-corrected chi connectivity index (χ4v) is 2.36.